The summed E-state index contributed by atoms with van der Waals surface area (Å²) >= 11 is 0. The second kappa shape index (κ2) is 8.10. The van der Waals surface area contributed by atoms with E-state index in [-0.39, 0.29) is 30.5 Å². The zero-order chi connectivity index (χ0) is 18.6. The first kappa shape index (κ1) is 18.9. The number of ether oxygens (including phenoxy) is 1. The average molecular weight is 343 g/mol. The van der Waals surface area contributed by atoms with Gasteiger partial charge < -0.3 is 9.26 Å². The van der Waals surface area contributed by atoms with Crippen LogP contribution in [0.3, 0.4) is 0 Å². The monoisotopic (exact) mass is 343 g/mol. The van der Waals surface area contributed by atoms with E-state index >= 15 is 0 Å². The summed E-state index contributed by atoms with van der Waals surface area (Å²) in [5.74, 6) is 0.0848. The molecule has 0 aliphatic heterocycles. The molecule has 0 radical (unpaired) electrons. The number of methoxy groups -OCH3 is 1. The number of hydrogen-bond donors (Lipinski definition) is 0. The number of carbonyl (C=O) groups excluding carboxylic acids is 2. The molecule has 0 amide bonds. The minimum absolute atomic E-state index is 0.0719. The van der Waals surface area contributed by atoms with Crippen LogP contribution in [0.25, 0.3) is 0 Å². The summed E-state index contributed by atoms with van der Waals surface area (Å²) < 4.78 is 9.99. The number of ketones is 1. The Morgan fingerprint density at radius 1 is 1.12 bits per heavy atom. The smallest absolute Gasteiger partial charge is 0.306 e. The van der Waals surface area contributed by atoms with Crippen LogP contribution in [0, 0.1) is 27.7 Å². The van der Waals surface area contributed by atoms with Crippen molar-refractivity contribution in [3.8, 4) is 0 Å². The van der Waals surface area contributed by atoms with Crippen LogP contribution < -0.4 is 0 Å². The molecule has 1 aromatic carbocycles. The lowest BCUT2D eigenvalue weighted by atomic mass is 9.89. The molecule has 0 saturated heterocycles. The average Bonchev–Trinajstić information content (AvgIpc) is 2.90. The van der Waals surface area contributed by atoms with Crippen molar-refractivity contribution in [2.24, 2.45) is 0 Å². The van der Waals surface area contributed by atoms with Gasteiger partial charge in [-0.1, -0.05) is 23.4 Å². The number of esters is 1. The molecule has 0 bridgehead atoms. The van der Waals surface area contributed by atoms with Gasteiger partial charge in [0.2, 0.25) is 0 Å². The SMILES string of the molecule is COC(=O)CC(CC(=O)Cc1cccc(C)c1C)c1noc(C)c1C. The third kappa shape index (κ3) is 4.56. The molecule has 1 aromatic heterocycles. The second-order valence-electron chi connectivity index (χ2n) is 6.50. The largest absolute Gasteiger partial charge is 0.469 e. The van der Waals surface area contributed by atoms with E-state index in [1.165, 1.54) is 12.7 Å². The minimum Gasteiger partial charge on any atom is -0.469 e. The van der Waals surface area contributed by atoms with Gasteiger partial charge in [0, 0.05) is 24.3 Å². The summed E-state index contributed by atoms with van der Waals surface area (Å²) in [5, 5.41) is 4.06. The van der Waals surface area contributed by atoms with Gasteiger partial charge in [0.15, 0.2) is 0 Å². The molecule has 2 aromatic rings. The number of aryl methyl sites for hydroxylation is 2. The molecule has 0 N–H and O–H groups in total. The molecule has 0 aliphatic rings. The Hall–Kier alpha value is -2.43. The summed E-state index contributed by atoms with van der Waals surface area (Å²) in [6, 6.07) is 5.97. The highest BCUT2D eigenvalue weighted by atomic mass is 16.5. The van der Waals surface area contributed by atoms with Crippen LogP contribution >= 0.6 is 0 Å². The fourth-order valence-corrected chi connectivity index (χ4v) is 2.93. The van der Waals surface area contributed by atoms with Crippen molar-refractivity contribution in [3.05, 3.63) is 51.9 Å². The fourth-order valence-electron chi connectivity index (χ4n) is 2.93. The lowest BCUT2D eigenvalue weighted by Crippen LogP contribution is -2.16. The van der Waals surface area contributed by atoms with Gasteiger partial charge in [-0.15, -0.1) is 0 Å². The van der Waals surface area contributed by atoms with E-state index in [9.17, 15) is 9.59 Å². The van der Waals surface area contributed by atoms with Crippen molar-refractivity contribution in [2.75, 3.05) is 7.11 Å². The van der Waals surface area contributed by atoms with Crippen LogP contribution in [0.5, 0.6) is 0 Å². The van der Waals surface area contributed by atoms with Crippen molar-refractivity contribution in [3.63, 3.8) is 0 Å². The zero-order valence-corrected chi connectivity index (χ0v) is 15.5. The van der Waals surface area contributed by atoms with Gasteiger partial charge in [0.05, 0.1) is 19.2 Å². The molecule has 134 valence electrons. The van der Waals surface area contributed by atoms with E-state index in [1.54, 1.807) is 0 Å². The Bertz CT molecular complexity index is 776. The van der Waals surface area contributed by atoms with Gasteiger partial charge in [0.25, 0.3) is 0 Å². The highest BCUT2D eigenvalue weighted by Gasteiger charge is 2.25. The molecular formula is C20H25NO4. The summed E-state index contributed by atoms with van der Waals surface area (Å²) in [4.78, 5) is 24.4. The summed E-state index contributed by atoms with van der Waals surface area (Å²) in [6.45, 7) is 7.76. The number of hydrogen-bond acceptors (Lipinski definition) is 5. The highest BCUT2D eigenvalue weighted by Crippen LogP contribution is 2.28. The Kier molecular flexibility index (Phi) is 6.12. The van der Waals surface area contributed by atoms with Crippen molar-refractivity contribution in [1.82, 2.24) is 5.16 Å². The zero-order valence-electron chi connectivity index (χ0n) is 15.5. The third-order valence-electron chi connectivity index (χ3n) is 4.80. The molecule has 2 rings (SSSR count). The van der Waals surface area contributed by atoms with E-state index in [4.69, 9.17) is 9.26 Å². The molecule has 5 heteroatoms. The first-order chi connectivity index (χ1) is 11.8. The summed E-state index contributed by atoms with van der Waals surface area (Å²) in [7, 11) is 1.35. The van der Waals surface area contributed by atoms with Crippen LogP contribution in [-0.4, -0.2) is 24.0 Å². The minimum atomic E-state index is -0.357. The Balaban J connectivity index is 2.18. The predicted octanol–water partition coefficient (Wildman–Crippen LogP) is 3.76. The van der Waals surface area contributed by atoms with E-state index < -0.39 is 0 Å². The maximum atomic E-state index is 12.6. The topological polar surface area (TPSA) is 69.4 Å². The maximum absolute atomic E-state index is 12.6. The number of aromatic nitrogens is 1. The first-order valence-corrected chi connectivity index (χ1v) is 8.39. The normalized spacial score (nSPS) is 12.0. The molecule has 0 aliphatic carbocycles. The number of rotatable bonds is 7. The van der Waals surface area contributed by atoms with Gasteiger partial charge in [-0.2, -0.15) is 0 Å². The molecular weight excluding hydrogens is 318 g/mol. The van der Waals surface area contributed by atoms with Crippen LogP contribution in [0.2, 0.25) is 0 Å². The van der Waals surface area contributed by atoms with E-state index in [0.717, 1.165) is 16.7 Å². The van der Waals surface area contributed by atoms with Crippen LogP contribution in [0.1, 0.15) is 52.5 Å². The third-order valence-corrected chi connectivity index (χ3v) is 4.80. The second-order valence-corrected chi connectivity index (χ2v) is 6.50. The number of benzene rings is 1. The van der Waals surface area contributed by atoms with Gasteiger partial charge in [-0.05, 0) is 44.4 Å². The van der Waals surface area contributed by atoms with E-state index in [2.05, 4.69) is 5.16 Å². The Morgan fingerprint density at radius 2 is 1.84 bits per heavy atom. The lowest BCUT2D eigenvalue weighted by molar-refractivity contribution is -0.141. The first-order valence-electron chi connectivity index (χ1n) is 8.39. The van der Waals surface area contributed by atoms with Gasteiger partial charge in [-0.25, -0.2) is 0 Å². The van der Waals surface area contributed by atoms with Gasteiger partial charge in [0.1, 0.15) is 11.5 Å². The molecule has 1 heterocycles. The van der Waals surface area contributed by atoms with Crippen molar-refractivity contribution in [2.45, 2.75) is 52.9 Å². The predicted molar refractivity (Wildman–Crippen MR) is 94.6 cm³/mol. The van der Waals surface area contributed by atoms with Crippen molar-refractivity contribution >= 4 is 11.8 Å². The highest BCUT2D eigenvalue weighted by molar-refractivity contribution is 5.83. The van der Waals surface area contributed by atoms with E-state index in [0.29, 0.717) is 17.9 Å². The van der Waals surface area contributed by atoms with Crippen molar-refractivity contribution in [1.29, 1.82) is 0 Å². The molecule has 5 nitrogen and oxygen atoms in total. The standard InChI is InChI=1S/C20H25NO4/c1-12-7-6-8-16(13(12)2)9-18(22)10-17(11-19(23)24-5)20-14(3)15(4)25-21-20/h6-8,17H,9-11H2,1-5H3. The molecule has 0 saturated carbocycles. The number of carbonyl (C=O) groups is 2. The van der Waals surface area contributed by atoms with Crippen LogP contribution in [0.4, 0.5) is 0 Å². The van der Waals surface area contributed by atoms with Crippen LogP contribution in [-0.2, 0) is 20.7 Å². The van der Waals surface area contributed by atoms with Gasteiger partial charge in [-0.3, -0.25) is 9.59 Å². The maximum Gasteiger partial charge on any atom is 0.306 e. The Morgan fingerprint density at radius 3 is 2.44 bits per heavy atom. The van der Waals surface area contributed by atoms with Gasteiger partial charge >= 0.3 is 5.97 Å². The summed E-state index contributed by atoms with van der Waals surface area (Å²) in [5.41, 5.74) is 4.87. The fraction of sp³-hybridized carbons (Fsp3) is 0.450. The lowest BCUT2D eigenvalue weighted by Gasteiger charge is -2.14. The molecule has 0 spiro atoms. The Labute approximate surface area is 148 Å². The quantitative estimate of drug-likeness (QED) is 0.716. The van der Waals surface area contributed by atoms with Crippen molar-refractivity contribution < 1.29 is 18.8 Å². The molecule has 1 atom stereocenters. The molecule has 25 heavy (non-hydrogen) atoms. The summed E-state index contributed by atoms with van der Waals surface area (Å²) in [6.07, 6.45) is 0.693. The van der Waals surface area contributed by atoms with Crippen LogP contribution in [0.15, 0.2) is 22.7 Å². The number of Topliss-reactive ketones (excluding diaryl/α,β-unsaturated/α-hetero) is 1. The molecule has 1 unspecified atom stereocenters. The molecule has 0 fully saturated rings. The van der Waals surface area contributed by atoms with E-state index in [1.807, 2.05) is 45.9 Å². The number of nitrogens with zero attached hydrogens (tertiary/aromatic N) is 1.